The molecule has 98 valence electrons. The van der Waals surface area contributed by atoms with Crippen LogP contribution in [0.2, 0.25) is 0 Å². The fourth-order valence-electron chi connectivity index (χ4n) is 2.27. The van der Waals surface area contributed by atoms with Crippen molar-refractivity contribution in [3.05, 3.63) is 29.8 Å². The van der Waals surface area contributed by atoms with Gasteiger partial charge in [0.1, 0.15) is 5.75 Å². The first kappa shape index (κ1) is 13.1. The standard InChI is InChI=1S/C14H20N2O2/c1-18-14-5-3-2-4-12(14)13(17)10-16-8-6-11(15)7-9-16/h2-5,11H,6-10,15H2,1H3. The Morgan fingerprint density at radius 1 is 1.39 bits per heavy atom. The van der Waals surface area contributed by atoms with E-state index in [0.717, 1.165) is 25.9 Å². The zero-order valence-corrected chi connectivity index (χ0v) is 10.8. The Morgan fingerprint density at radius 3 is 2.72 bits per heavy atom. The largest absolute Gasteiger partial charge is 0.496 e. The topological polar surface area (TPSA) is 55.6 Å². The molecule has 1 aliphatic rings. The summed E-state index contributed by atoms with van der Waals surface area (Å²) in [6, 6.07) is 7.66. The molecule has 0 saturated carbocycles. The van der Waals surface area contributed by atoms with Gasteiger partial charge in [-0.05, 0) is 25.0 Å². The number of rotatable bonds is 4. The van der Waals surface area contributed by atoms with E-state index in [-0.39, 0.29) is 5.78 Å². The lowest BCUT2D eigenvalue weighted by Gasteiger charge is -2.29. The van der Waals surface area contributed by atoms with Crippen LogP contribution in [0, 0.1) is 0 Å². The predicted molar refractivity (Wildman–Crippen MR) is 71.0 cm³/mol. The van der Waals surface area contributed by atoms with Crippen molar-refractivity contribution < 1.29 is 9.53 Å². The quantitative estimate of drug-likeness (QED) is 0.816. The van der Waals surface area contributed by atoms with Crippen LogP contribution in [0.15, 0.2) is 24.3 Å². The molecule has 1 aromatic carbocycles. The van der Waals surface area contributed by atoms with Crippen molar-refractivity contribution in [3.8, 4) is 5.75 Å². The second-order valence-corrected chi connectivity index (χ2v) is 4.74. The molecule has 1 aliphatic heterocycles. The molecule has 0 spiro atoms. The van der Waals surface area contributed by atoms with Crippen LogP contribution in [0.3, 0.4) is 0 Å². The van der Waals surface area contributed by atoms with Gasteiger partial charge in [-0.25, -0.2) is 0 Å². The molecule has 1 heterocycles. The van der Waals surface area contributed by atoms with Gasteiger partial charge in [-0.3, -0.25) is 9.69 Å². The average Bonchev–Trinajstić information content (AvgIpc) is 2.41. The van der Waals surface area contributed by atoms with Crippen LogP contribution < -0.4 is 10.5 Å². The summed E-state index contributed by atoms with van der Waals surface area (Å²) < 4.78 is 5.21. The zero-order chi connectivity index (χ0) is 13.0. The minimum atomic E-state index is 0.114. The van der Waals surface area contributed by atoms with Gasteiger partial charge in [-0.1, -0.05) is 12.1 Å². The molecule has 2 rings (SSSR count). The fourth-order valence-corrected chi connectivity index (χ4v) is 2.27. The molecule has 4 heteroatoms. The maximum atomic E-state index is 12.2. The lowest BCUT2D eigenvalue weighted by atomic mass is 10.0. The third kappa shape index (κ3) is 3.09. The molecule has 18 heavy (non-hydrogen) atoms. The molecule has 1 saturated heterocycles. The van der Waals surface area contributed by atoms with Crippen LogP contribution in [0.25, 0.3) is 0 Å². The lowest BCUT2D eigenvalue weighted by Crippen LogP contribution is -2.41. The number of methoxy groups -OCH3 is 1. The van der Waals surface area contributed by atoms with Crippen LogP contribution in [0.4, 0.5) is 0 Å². The van der Waals surface area contributed by atoms with Gasteiger partial charge in [0.2, 0.25) is 0 Å². The van der Waals surface area contributed by atoms with Crippen molar-refractivity contribution in [1.82, 2.24) is 4.90 Å². The minimum Gasteiger partial charge on any atom is -0.496 e. The van der Waals surface area contributed by atoms with Crippen LogP contribution >= 0.6 is 0 Å². The molecule has 0 aliphatic carbocycles. The summed E-state index contributed by atoms with van der Waals surface area (Å²) >= 11 is 0. The molecular weight excluding hydrogens is 228 g/mol. The van der Waals surface area contributed by atoms with Gasteiger partial charge in [-0.2, -0.15) is 0 Å². The zero-order valence-electron chi connectivity index (χ0n) is 10.8. The second kappa shape index (κ2) is 5.98. The van der Waals surface area contributed by atoms with E-state index >= 15 is 0 Å². The summed E-state index contributed by atoms with van der Waals surface area (Å²) in [4.78, 5) is 14.4. The summed E-state index contributed by atoms with van der Waals surface area (Å²) in [5.41, 5.74) is 6.51. The summed E-state index contributed by atoms with van der Waals surface area (Å²) in [5, 5.41) is 0. The van der Waals surface area contributed by atoms with Crippen molar-refractivity contribution in [2.45, 2.75) is 18.9 Å². The molecule has 0 atom stereocenters. The molecule has 2 N–H and O–H groups in total. The van der Waals surface area contributed by atoms with Crippen LogP contribution in [0.5, 0.6) is 5.75 Å². The van der Waals surface area contributed by atoms with Crippen molar-refractivity contribution in [2.24, 2.45) is 5.73 Å². The fraction of sp³-hybridized carbons (Fsp3) is 0.500. The monoisotopic (exact) mass is 248 g/mol. The van der Waals surface area contributed by atoms with E-state index in [2.05, 4.69) is 4.90 Å². The Kier molecular flexibility index (Phi) is 4.33. The van der Waals surface area contributed by atoms with Crippen LogP contribution in [0.1, 0.15) is 23.2 Å². The van der Waals surface area contributed by atoms with Crippen LogP contribution in [-0.4, -0.2) is 43.5 Å². The highest BCUT2D eigenvalue weighted by Gasteiger charge is 2.20. The highest BCUT2D eigenvalue weighted by molar-refractivity contribution is 6.00. The predicted octanol–water partition coefficient (Wildman–Crippen LogP) is 1.30. The Balaban J connectivity index is 1.99. The number of para-hydroxylation sites is 1. The SMILES string of the molecule is COc1ccccc1C(=O)CN1CCC(N)CC1. The highest BCUT2D eigenvalue weighted by Crippen LogP contribution is 2.19. The van der Waals surface area contributed by atoms with Crippen molar-refractivity contribution in [1.29, 1.82) is 0 Å². The van der Waals surface area contributed by atoms with Crippen molar-refractivity contribution in [3.63, 3.8) is 0 Å². The smallest absolute Gasteiger partial charge is 0.180 e. The summed E-state index contributed by atoms with van der Waals surface area (Å²) in [6.45, 7) is 2.26. The Morgan fingerprint density at radius 2 is 2.06 bits per heavy atom. The molecule has 0 radical (unpaired) electrons. The van der Waals surface area contributed by atoms with E-state index in [4.69, 9.17) is 10.5 Å². The van der Waals surface area contributed by atoms with E-state index in [0.29, 0.717) is 23.9 Å². The first-order chi connectivity index (χ1) is 8.70. The Bertz CT molecular complexity index is 412. The molecule has 0 amide bonds. The Hall–Kier alpha value is -1.39. The number of hydrogen-bond acceptors (Lipinski definition) is 4. The number of nitrogens with zero attached hydrogens (tertiary/aromatic N) is 1. The molecule has 0 unspecified atom stereocenters. The van der Waals surface area contributed by atoms with E-state index in [1.54, 1.807) is 7.11 Å². The highest BCUT2D eigenvalue weighted by atomic mass is 16.5. The van der Waals surface area contributed by atoms with Gasteiger partial charge >= 0.3 is 0 Å². The number of Topliss-reactive ketones (excluding diaryl/α,β-unsaturated/α-hetero) is 1. The van der Waals surface area contributed by atoms with Gasteiger partial charge < -0.3 is 10.5 Å². The average molecular weight is 248 g/mol. The van der Waals surface area contributed by atoms with Crippen molar-refractivity contribution >= 4 is 5.78 Å². The maximum Gasteiger partial charge on any atom is 0.180 e. The van der Waals surface area contributed by atoms with Gasteiger partial charge in [0.15, 0.2) is 5.78 Å². The molecule has 0 bridgehead atoms. The van der Waals surface area contributed by atoms with E-state index in [9.17, 15) is 4.79 Å². The number of ketones is 1. The summed E-state index contributed by atoms with van der Waals surface area (Å²) in [7, 11) is 1.59. The number of ether oxygens (including phenoxy) is 1. The first-order valence-electron chi connectivity index (χ1n) is 6.35. The molecule has 0 aromatic heterocycles. The summed E-state index contributed by atoms with van der Waals surface area (Å²) in [5.74, 6) is 0.763. The maximum absolute atomic E-state index is 12.2. The number of likely N-dealkylation sites (tertiary alicyclic amines) is 1. The second-order valence-electron chi connectivity index (χ2n) is 4.74. The van der Waals surface area contributed by atoms with Crippen molar-refractivity contribution in [2.75, 3.05) is 26.7 Å². The number of nitrogens with two attached hydrogens (primary N) is 1. The minimum absolute atomic E-state index is 0.114. The molecule has 1 aromatic rings. The van der Waals surface area contributed by atoms with E-state index < -0.39 is 0 Å². The number of hydrogen-bond donors (Lipinski definition) is 1. The van der Waals surface area contributed by atoms with Gasteiger partial charge in [-0.15, -0.1) is 0 Å². The number of carbonyl (C=O) groups excluding carboxylic acids is 1. The van der Waals surface area contributed by atoms with Gasteiger partial charge in [0.05, 0.1) is 19.2 Å². The first-order valence-corrected chi connectivity index (χ1v) is 6.35. The van der Waals surface area contributed by atoms with E-state index in [1.165, 1.54) is 0 Å². The number of benzene rings is 1. The number of piperidine rings is 1. The third-order valence-electron chi connectivity index (χ3n) is 3.41. The lowest BCUT2D eigenvalue weighted by molar-refractivity contribution is 0.0907. The van der Waals surface area contributed by atoms with E-state index in [1.807, 2.05) is 24.3 Å². The molecular formula is C14H20N2O2. The normalized spacial score (nSPS) is 17.7. The van der Waals surface area contributed by atoms with Gasteiger partial charge in [0.25, 0.3) is 0 Å². The van der Waals surface area contributed by atoms with Gasteiger partial charge in [0, 0.05) is 19.1 Å². The Labute approximate surface area is 108 Å². The molecule has 4 nitrogen and oxygen atoms in total. The summed E-state index contributed by atoms with van der Waals surface area (Å²) in [6.07, 6.45) is 1.94. The molecule has 1 fully saturated rings. The van der Waals surface area contributed by atoms with Crippen LogP contribution in [-0.2, 0) is 0 Å². The number of carbonyl (C=O) groups is 1. The third-order valence-corrected chi connectivity index (χ3v) is 3.41.